The Labute approximate surface area is 171 Å². The van der Waals surface area contributed by atoms with E-state index in [4.69, 9.17) is 14.0 Å². The van der Waals surface area contributed by atoms with E-state index in [1.54, 1.807) is 11.3 Å². The molecule has 5 rings (SSSR count). The fourth-order valence-corrected chi connectivity index (χ4v) is 4.12. The van der Waals surface area contributed by atoms with E-state index in [2.05, 4.69) is 15.0 Å². The van der Waals surface area contributed by atoms with Crippen LogP contribution in [-0.4, -0.2) is 64.7 Å². The lowest BCUT2D eigenvalue weighted by Gasteiger charge is -2.36. The molecule has 2 aliphatic rings. The standard InChI is InChI=1S/C20H20N4O4S/c25-20(17-12-26-15-3-1-2-4-16(15)27-17)24-8-6-23(7-9-24)11-18-21-19(22-28-18)14-5-10-29-13-14/h1-5,10,13,17H,6-9,11-12H2/t17-/m1/s1. The highest BCUT2D eigenvalue weighted by Crippen LogP contribution is 2.31. The number of ether oxygens (including phenoxy) is 2. The SMILES string of the molecule is O=C([C@H]1COc2ccccc2O1)N1CCN(Cc2nc(-c3ccsc3)no2)CC1. The first-order valence-corrected chi connectivity index (χ1v) is 10.5. The van der Waals surface area contributed by atoms with Gasteiger partial charge in [-0.3, -0.25) is 9.69 Å². The highest BCUT2D eigenvalue weighted by Gasteiger charge is 2.32. The zero-order valence-electron chi connectivity index (χ0n) is 15.7. The van der Waals surface area contributed by atoms with Crippen LogP contribution in [0, 0.1) is 0 Å². The van der Waals surface area contributed by atoms with Crippen LogP contribution in [0.15, 0.2) is 45.6 Å². The summed E-state index contributed by atoms with van der Waals surface area (Å²) in [7, 11) is 0. The van der Waals surface area contributed by atoms with Gasteiger partial charge in [0.25, 0.3) is 5.91 Å². The third-order valence-electron chi connectivity index (χ3n) is 5.07. The summed E-state index contributed by atoms with van der Waals surface area (Å²) in [5.74, 6) is 2.48. The molecule has 0 radical (unpaired) electrons. The minimum Gasteiger partial charge on any atom is -0.485 e. The molecule has 0 aliphatic carbocycles. The van der Waals surface area contributed by atoms with Crippen LogP contribution in [0.5, 0.6) is 11.5 Å². The Morgan fingerprint density at radius 3 is 2.76 bits per heavy atom. The van der Waals surface area contributed by atoms with Crippen molar-refractivity contribution < 1.29 is 18.8 Å². The molecule has 150 valence electrons. The molecule has 0 saturated carbocycles. The van der Waals surface area contributed by atoms with Crippen LogP contribution < -0.4 is 9.47 Å². The van der Waals surface area contributed by atoms with Crippen molar-refractivity contribution in [1.29, 1.82) is 0 Å². The third kappa shape index (κ3) is 3.83. The van der Waals surface area contributed by atoms with Crippen LogP contribution in [0.4, 0.5) is 0 Å². The van der Waals surface area contributed by atoms with Crippen LogP contribution in [0.25, 0.3) is 11.4 Å². The van der Waals surface area contributed by atoms with E-state index in [0.717, 1.165) is 18.7 Å². The number of hydrogen-bond acceptors (Lipinski definition) is 8. The Kier molecular flexibility index (Phi) is 4.91. The number of thiophene rings is 1. The van der Waals surface area contributed by atoms with E-state index >= 15 is 0 Å². The second-order valence-corrected chi connectivity index (χ2v) is 7.77. The fraction of sp³-hybridized carbons (Fsp3) is 0.350. The molecule has 1 saturated heterocycles. The lowest BCUT2D eigenvalue weighted by molar-refractivity contribution is -0.143. The molecule has 0 N–H and O–H groups in total. The van der Waals surface area contributed by atoms with Crippen molar-refractivity contribution in [3.05, 3.63) is 47.0 Å². The van der Waals surface area contributed by atoms with Gasteiger partial charge in [-0.05, 0) is 23.6 Å². The largest absolute Gasteiger partial charge is 0.485 e. The average Bonchev–Trinajstić information content (AvgIpc) is 3.45. The first kappa shape index (κ1) is 18.1. The second kappa shape index (κ2) is 7.84. The minimum absolute atomic E-state index is 0.0308. The molecular formula is C20H20N4O4S. The van der Waals surface area contributed by atoms with Crippen molar-refractivity contribution in [1.82, 2.24) is 19.9 Å². The number of amides is 1. The monoisotopic (exact) mass is 412 g/mol. The van der Waals surface area contributed by atoms with Gasteiger partial charge in [0.05, 0.1) is 6.54 Å². The van der Waals surface area contributed by atoms with Gasteiger partial charge in [0.1, 0.15) is 6.61 Å². The molecule has 0 bridgehead atoms. The topological polar surface area (TPSA) is 80.9 Å². The molecule has 0 unspecified atom stereocenters. The Morgan fingerprint density at radius 2 is 1.97 bits per heavy atom. The summed E-state index contributed by atoms with van der Waals surface area (Å²) in [6.07, 6.45) is -0.597. The van der Waals surface area contributed by atoms with Crippen molar-refractivity contribution >= 4 is 17.2 Å². The van der Waals surface area contributed by atoms with E-state index in [1.165, 1.54) is 0 Å². The third-order valence-corrected chi connectivity index (χ3v) is 5.76. The Morgan fingerprint density at radius 1 is 1.14 bits per heavy atom. The Balaban J connectivity index is 1.14. The average molecular weight is 412 g/mol. The molecule has 1 fully saturated rings. The second-order valence-electron chi connectivity index (χ2n) is 6.99. The molecule has 1 aromatic carbocycles. The number of piperazine rings is 1. The summed E-state index contributed by atoms with van der Waals surface area (Å²) in [5, 5.41) is 8.03. The molecular weight excluding hydrogens is 392 g/mol. The van der Waals surface area contributed by atoms with Gasteiger partial charge in [-0.15, -0.1) is 0 Å². The normalized spacial score (nSPS) is 19.3. The maximum Gasteiger partial charge on any atom is 0.267 e. The number of fused-ring (bicyclic) bond motifs is 1. The molecule has 4 heterocycles. The zero-order valence-corrected chi connectivity index (χ0v) is 16.5. The minimum atomic E-state index is -0.597. The number of carbonyl (C=O) groups excluding carboxylic acids is 1. The fourth-order valence-electron chi connectivity index (χ4n) is 3.49. The van der Waals surface area contributed by atoms with Crippen molar-refractivity contribution in [3.63, 3.8) is 0 Å². The number of carbonyl (C=O) groups is 1. The molecule has 9 heteroatoms. The highest BCUT2D eigenvalue weighted by atomic mass is 32.1. The van der Waals surface area contributed by atoms with Crippen LogP contribution in [-0.2, 0) is 11.3 Å². The molecule has 3 aromatic rings. The van der Waals surface area contributed by atoms with Gasteiger partial charge in [0, 0.05) is 37.1 Å². The van der Waals surface area contributed by atoms with Crippen molar-refractivity contribution in [2.24, 2.45) is 0 Å². The van der Waals surface area contributed by atoms with Gasteiger partial charge in [0.2, 0.25) is 17.8 Å². The summed E-state index contributed by atoms with van der Waals surface area (Å²) < 4.78 is 16.9. The van der Waals surface area contributed by atoms with E-state index in [1.807, 2.05) is 46.0 Å². The van der Waals surface area contributed by atoms with E-state index in [9.17, 15) is 4.79 Å². The lowest BCUT2D eigenvalue weighted by atomic mass is 10.2. The summed E-state index contributed by atoms with van der Waals surface area (Å²) in [5.41, 5.74) is 0.969. The number of hydrogen-bond donors (Lipinski definition) is 0. The van der Waals surface area contributed by atoms with E-state index in [0.29, 0.717) is 42.8 Å². The molecule has 2 aromatic heterocycles. The number of rotatable bonds is 4. The van der Waals surface area contributed by atoms with Crippen LogP contribution in [0.3, 0.4) is 0 Å². The summed E-state index contributed by atoms with van der Waals surface area (Å²) >= 11 is 1.60. The summed E-state index contributed by atoms with van der Waals surface area (Å²) in [6.45, 7) is 3.56. The van der Waals surface area contributed by atoms with Gasteiger partial charge in [0.15, 0.2) is 11.5 Å². The molecule has 0 spiro atoms. The number of benzene rings is 1. The quantitative estimate of drug-likeness (QED) is 0.650. The van der Waals surface area contributed by atoms with Gasteiger partial charge < -0.3 is 18.9 Å². The Hall–Kier alpha value is -2.91. The van der Waals surface area contributed by atoms with E-state index in [-0.39, 0.29) is 12.5 Å². The highest BCUT2D eigenvalue weighted by molar-refractivity contribution is 7.08. The smallest absolute Gasteiger partial charge is 0.267 e. The molecule has 1 atom stereocenters. The molecule has 2 aliphatic heterocycles. The zero-order chi connectivity index (χ0) is 19.6. The number of aromatic nitrogens is 2. The van der Waals surface area contributed by atoms with Gasteiger partial charge in [-0.1, -0.05) is 17.3 Å². The lowest BCUT2D eigenvalue weighted by Crippen LogP contribution is -2.53. The predicted octanol–water partition coefficient (Wildman–Crippen LogP) is 2.28. The number of para-hydroxylation sites is 2. The van der Waals surface area contributed by atoms with Gasteiger partial charge in [-0.25, -0.2) is 0 Å². The molecule has 1 amide bonds. The van der Waals surface area contributed by atoms with Crippen LogP contribution in [0.2, 0.25) is 0 Å². The van der Waals surface area contributed by atoms with Crippen LogP contribution in [0.1, 0.15) is 5.89 Å². The maximum atomic E-state index is 12.8. The van der Waals surface area contributed by atoms with E-state index < -0.39 is 6.10 Å². The van der Waals surface area contributed by atoms with Gasteiger partial charge in [-0.2, -0.15) is 16.3 Å². The first-order chi connectivity index (χ1) is 14.3. The summed E-state index contributed by atoms with van der Waals surface area (Å²) in [6, 6.07) is 9.39. The number of nitrogens with zero attached hydrogens (tertiary/aromatic N) is 4. The maximum absolute atomic E-state index is 12.8. The molecule has 29 heavy (non-hydrogen) atoms. The van der Waals surface area contributed by atoms with Crippen LogP contribution >= 0.6 is 11.3 Å². The van der Waals surface area contributed by atoms with Crippen molar-refractivity contribution in [2.75, 3.05) is 32.8 Å². The predicted molar refractivity (Wildman–Crippen MR) is 106 cm³/mol. The van der Waals surface area contributed by atoms with Crippen molar-refractivity contribution in [2.45, 2.75) is 12.6 Å². The first-order valence-electron chi connectivity index (χ1n) is 9.51. The van der Waals surface area contributed by atoms with Gasteiger partial charge >= 0.3 is 0 Å². The summed E-state index contributed by atoms with van der Waals surface area (Å²) in [4.78, 5) is 21.3. The molecule has 8 nitrogen and oxygen atoms in total. The van der Waals surface area contributed by atoms with Crippen molar-refractivity contribution in [3.8, 4) is 22.9 Å². The Bertz CT molecular complexity index is 982.